The number of hydrogen-bond donors (Lipinski definition) is 2. The number of benzene rings is 1. The zero-order valence-corrected chi connectivity index (χ0v) is 13.1. The van der Waals surface area contributed by atoms with Crippen molar-refractivity contribution in [2.75, 3.05) is 32.8 Å². The molecule has 3 nitrogen and oxygen atoms in total. The molecule has 1 atom stereocenters. The Morgan fingerprint density at radius 1 is 1.39 bits per heavy atom. The maximum absolute atomic E-state index is 9.61. The Morgan fingerprint density at radius 3 is 2.61 bits per heavy atom. The van der Waals surface area contributed by atoms with Gasteiger partial charge < -0.3 is 10.4 Å². The predicted molar refractivity (Wildman–Crippen MR) is 80.7 cm³/mol. The third-order valence-corrected chi connectivity index (χ3v) is 4.01. The number of nitrogens with one attached hydrogen (secondary N) is 1. The highest BCUT2D eigenvalue weighted by Gasteiger charge is 2.23. The number of hydrogen-bond acceptors (Lipinski definition) is 3. The highest BCUT2D eigenvalue weighted by Crippen LogP contribution is 2.30. The Labute approximate surface area is 127 Å². The van der Waals surface area contributed by atoms with Crippen LogP contribution in [-0.2, 0) is 0 Å². The lowest BCUT2D eigenvalue weighted by Gasteiger charge is -2.34. The molecule has 6 heteroatoms. The molecule has 1 saturated heterocycles. The number of rotatable bonds is 3. The lowest BCUT2D eigenvalue weighted by atomic mass is 10.1. The molecule has 0 radical (unpaired) electrons. The van der Waals surface area contributed by atoms with E-state index >= 15 is 0 Å². The van der Waals surface area contributed by atoms with Gasteiger partial charge in [-0.05, 0) is 17.7 Å². The van der Waals surface area contributed by atoms with Crippen LogP contribution in [0.2, 0.25) is 5.02 Å². The van der Waals surface area contributed by atoms with Crippen LogP contribution in [0.4, 0.5) is 0 Å². The van der Waals surface area contributed by atoms with Crippen LogP contribution in [0.5, 0.6) is 0 Å². The van der Waals surface area contributed by atoms with Gasteiger partial charge in [-0.1, -0.05) is 33.6 Å². The first-order valence-corrected chi connectivity index (χ1v) is 6.90. The molecular formula is C12H17BrCl2N2O. The van der Waals surface area contributed by atoms with Gasteiger partial charge in [-0.25, -0.2) is 0 Å². The molecule has 1 aliphatic heterocycles. The zero-order chi connectivity index (χ0) is 12.3. The van der Waals surface area contributed by atoms with E-state index in [1.807, 2.05) is 18.2 Å². The van der Waals surface area contributed by atoms with E-state index in [9.17, 15) is 5.11 Å². The molecular weight excluding hydrogens is 339 g/mol. The van der Waals surface area contributed by atoms with E-state index in [0.29, 0.717) is 5.02 Å². The molecule has 1 fully saturated rings. The van der Waals surface area contributed by atoms with Crippen LogP contribution >= 0.6 is 39.9 Å². The molecule has 0 unspecified atom stereocenters. The van der Waals surface area contributed by atoms with Crippen LogP contribution in [-0.4, -0.2) is 42.8 Å². The van der Waals surface area contributed by atoms with Crippen molar-refractivity contribution in [2.45, 2.75) is 6.04 Å². The fourth-order valence-corrected chi connectivity index (χ4v) is 3.12. The van der Waals surface area contributed by atoms with Crippen LogP contribution in [0.15, 0.2) is 22.7 Å². The molecule has 1 heterocycles. The molecule has 1 aromatic carbocycles. The second kappa shape index (κ2) is 7.68. The van der Waals surface area contributed by atoms with Crippen molar-refractivity contribution in [2.24, 2.45) is 0 Å². The van der Waals surface area contributed by atoms with E-state index < -0.39 is 0 Å². The molecule has 0 aromatic heterocycles. The summed E-state index contributed by atoms with van der Waals surface area (Å²) in [7, 11) is 0. The van der Waals surface area contributed by atoms with E-state index in [4.69, 9.17) is 11.6 Å². The lowest BCUT2D eigenvalue weighted by molar-refractivity contribution is 0.110. The monoisotopic (exact) mass is 354 g/mol. The number of aliphatic hydroxyl groups is 1. The number of piperazine rings is 1. The van der Waals surface area contributed by atoms with Gasteiger partial charge in [0.25, 0.3) is 0 Å². The first kappa shape index (κ1) is 16.2. The SMILES string of the molecule is Cl.OC[C@@H](c1ccc(Cl)cc1Br)N1CCNCC1. The summed E-state index contributed by atoms with van der Waals surface area (Å²) >= 11 is 9.45. The molecule has 0 saturated carbocycles. The van der Waals surface area contributed by atoms with Gasteiger partial charge in [-0.2, -0.15) is 0 Å². The summed E-state index contributed by atoms with van der Waals surface area (Å²) in [6, 6.07) is 5.77. The minimum atomic E-state index is 0. The van der Waals surface area contributed by atoms with E-state index in [1.165, 1.54) is 0 Å². The molecule has 1 aliphatic rings. The average Bonchev–Trinajstić information content (AvgIpc) is 2.34. The van der Waals surface area contributed by atoms with Crippen molar-refractivity contribution >= 4 is 39.9 Å². The summed E-state index contributed by atoms with van der Waals surface area (Å²) in [5.74, 6) is 0. The Bertz CT molecular complexity index is 386. The van der Waals surface area contributed by atoms with Crippen LogP contribution in [0.25, 0.3) is 0 Å². The lowest BCUT2D eigenvalue weighted by Crippen LogP contribution is -2.46. The Hall–Kier alpha value is 0.160. The van der Waals surface area contributed by atoms with Crippen LogP contribution in [0.1, 0.15) is 11.6 Å². The zero-order valence-electron chi connectivity index (χ0n) is 9.90. The van der Waals surface area contributed by atoms with E-state index in [1.54, 1.807) is 0 Å². The van der Waals surface area contributed by atoms with Crippen molar-refractivity contribution in [3.8, 4) is 0 Å². The summed E-state index contributed by atoms with van der Waals surface area (Å²) in [5, 5.41) is 13.6. The second-order valence-corrected chi connectivity index (χ2v) is 5.44. The van der Waals surface area contributed by atoms with E-state index in [2.05, 4.69) is 26.1 Å². The summed E-state index contributed by atoms with van der Waals surface area (Å²) < 4.78 is 0.961. The molecule has 0 bridgehead atoms. The van der Waals surface area contributed by atoms with Crippen molar-refractivity contribution in [1.29, 1.82) is 0 Å². The molecule has 0 amide bonds. The molecule has 1 aromatic rings. The first-order valence-electron chi connectivity index (χ1n) is 5.73. The van der Waals surface area contributed by atoms with Crippen molar-refractivity contribution in [3.05, 3.63) is 33.3 Å². The molecule has 2 rings (SSSR count). The average molecular weight is 356 g/mol. The fourth-order valence-electron chi connectivity index (χ4n) is 2.18. The van der Waals surface area contributed by atoms with Crippen molar-refractivity contribution in [3.63, 3.8) is 0 Å². The van der Waals surface area contributed by atoms with Crippen LogP contribution < -0.4 is 5.32 Å². The normalized spacial score (nSPS) is 18.2. The quantitative estimate of drug-likeness (QED) is 0.874. The molecule has 2 N–H and O–H groups in total. The predicted octanol–water partition coefficient (Wildman–Crippen LogP) is 2.46. The highest BCUT2D eigenvalue weighted by atomic mass is 79.9. The summed E-state index contributed by atoms with van der Waals surface area (Å²) in [6.07, 6.45) is 0. The van der Waals surface area contributed by atoms with Gasteiger partial charge in [-0.15, -0.1) is 12.4 Å². The Kier molecular flexibility index (Phi) is 6.92. The number of aliphatic hydroxyl groups excluding tert-OH is 1. The van der Waals surface area contributed by atoms with Gasteiger partial charge in [-0.3, -0.25) is 4.90 Å². The maximum Gasteiger partial charge on any atom is 0.0629 e. The third-order valence-electron chi connectivity index (χ3n) is 3.09. The highest BCUT2D eigenvalue weighted by molar-refractivity contribution is 9.10. The second-order valence-electron chi connectivity index (χ2n) is 4.15. The van der Waals surface area contributed by atoms with Gasteiger partial charge >= 0.3 is 0 Å². The smallest absolute Gasteiger partial charge is 0.0629 e. The maximum atomic E-state index is 9.61. The van der Waals surface area contributed by atoms with E-state index in [-0.39, 0.29) is 25.1 Å². The standard InChI is InChI=1S/C12H16BrClN2O.ClH/c13-11-7-9(14)1-2-10(11)12(8-17)16-5-3-15-4-6-16;/h1-2,7,12,15,17H,3-6,8H2;1H/t12-;/m0./s1. The number of halogens is 3. The molecule has 102 valence electrons. The molecule has 0 aliphatic carbocycles. The van der Waals surface area contributed by atoms with Crippen molar-refractivity contribution < 1.29 is 5.11 Å². The fraction of sp³-hybridized carbons (Fsp3) is 0.500. The molecule has 18 heavy (non-hydrogen) atoms. The topological polar surface area (TPSA) is 35.5 Å². The summed E-state index contributed by atoms with van der Waals surface area (Å²) in [4.78, 5) is 2.30. The van der Waals surface area contributed by atoms with E-state index in [0.717, 1.165) is 36.2 Å². The van der Waals surface area contributed by atoms with Gasteiger partial charge in [0.15, 0.2) is 0 Å². The first-order chi connectivity index (χ1) is 8.22. The van der Waals surface area contributed by atoms with Gasteiger partial charge in [0.2, 0.25) is 0 Å². The van der Waals surface area contributed by atoms with Gasteiger partial charge in [0.05, 0.1) is 12.6 Å². The Balaban J connectivity index is 0.00000162. The third kappa shape index (κ3) is 3.83. The number of nitrogens with zero attached hydrogens (tertiary/aromatic N) is 1. The van der Waals surface area contributed by atoms with Gasteiger partial charge in [0.1, 0.15) is 0 Å². The summed E-state index contributed by atoms with van der Waals surface area (Å²) in [5.41, 5.74) is 1.10. The minimum absolute atomic E-state index is 0. The van der Waals surface area contributed by atoms with Crippen LogP contribution in [0, 0.1) is 0 Å². The minimum Gasteiger partial charge on any atom is -0.394 e. The van der Waals surface area contributed by atoms with Crippen LogP contribution in [0.3, 0.4) is 0 Å². The van der Waals surface area contributed by atoms with Gasteiger partial charge in [0, 0.05) is 35.7 Å². The largest absolute Gasteiger partial charge is 0.394 e. The van der Waals surface area contributed by atoms with Crippen molar-refractivity contribution in [1.82, 2.24) is 10.2 Å². The summed E-state index contributed by atoms with van der Waals surface area (Å²) in [6.45, 7) is 3.99. The molecule has 0 spiro atoms. The Morgan fingerprint density at radius 2 is 2.06 bits per heavy atom.